The van der Waals surface area contributed by atoms with Crippen molar-refractivity contribution in [2.75, 3.05) is 13.7 Å². The molecule has 7 heteroatoms. The first kappa shape index (κ1) is 26.7. The third kappa shape index (κ3) is 4.95. The predicted molar refractivity (Wildman–Crippen MR) is 151 cm³/mol. The van der Waals surface area contributed by atoms with Gasteiger partial charge in [-0.2, -0.15) is 0 Å². The number of piperidine rings is 1. The second-order valence-corrected chi connectivity index (χ2v) is 12.2. The number of hydrogen-bond donors (Lipinski definition) is 0. The molecule has 3 heterocycles. The van der Waals surface area contributed by atoms with E-state index in [0.717, 1.165) is 54.4 Å². The van der Waals surface area contributed by atoms with Gasteiger partial charge in [0.2, 0.25) is 5.91 Å². The van der Waals surface area contributed by atoms with Crippen LogP contribution in [0, 0.1) is 12.8 Å². The average Bonchev–Trinajstić information content (AvgIpc) is 3.53. The predicted octanol–water partition coefficient (Wildman–Crippen LogP) is 6.64. The minimum absolute atomic E-state index is 0.0209. The Labute approximate surface area is 230 Å². The van der Waals surface area contributed by atoms with Gasteiger partial charge in [-0.15, -0.1) is 0 Å². The zero-order valence-electron chi connectivity index (χ0n) is 23.1. The van der Waals surface area contributed by atoms with Gasteiger partial charge in [-0.3, -0.25) is 9.59 Å². The summed E-state index contributed by atoms with van der Waals surface area (Å²) < 4.78 is 7.39. The molecule has 0 unspecified atom stereocenters. The summed E-state index contributed by atoms with van der Waals surface area (Å²) >= 11 is 6.21. The van der Waals surface area contributed by atoms with Crippen LogP contribution in [0.25, 0.3) is 11.0 Å². The van der Waals surface area contributed by atoms with Crippen LogP contribution in [0.4, 0.5) is 0 Å². The maximum absolute atomic E-state index is 13.3. The van der Waals surface area contributed by atoms with Crippen molar-refractivity contribution >= 4 is 34.3 Å². The average molecular weight is 536 g/mol. The molecular formula is C31H38ClN3O3. The number of rotatable bonds is 6. The molecule has 0 bridgehead atoms. The SMILES string of the molecule is COc1cc(Cl)cc(C(=O)Cc2cnc3c(c([C@@H]4CCN(C(=O)C5CCCC5)C(C)(C)C4)cn3C)c2C)c1. The number of pyridine rings is 1. The molecule has 1 atom stereocenters. The number of carbonyl (C=O) groups is 2. The third-order valence-corrected chi connectivity index (χ3v) is 8.96. The molecule has 0 N–H and O–H groups in total. The number of aromatic nitrogens is 2. The van der Waals surface area contributed by atoms with Crippen molar-refractivity contribution < 1.29 is 14.3 Å². The van der Waals surface area contributed by atoms with Crippen LogP contribution in [0.15, 0.2) is 30.6 Å². The summed E-state index contributed by atoms with van der Waals surface area (Å²) in [7, 11) is 3.60. The van der Waals surface area contributed by atoms with Crippen molar-refractivity contribution in [2.45, 2.75) is 77.2 Å². The van der Waals surface area contributed by atoms with Gasteiger partial charge >= 0.3 is 0 Å². The third-order valence-electron chi connectivity index (χ3n) is 8.75. The summed E-state index contributed by atoms with van der Waals surface area (Å²) in [6.07, 6.45) is 10.5. The molecule has 1 amide bonds. The van der Waals surface area contributed by atoms with Crippen molar-refractivity contribution in [2.24, 2.45) is 13.0 Å². The molecule has 202 valence electrons. The van der Waals surface area contributed by atoms with Crippen molar-refractivity contribution in [3.8, 4) is 5.75 Å². The van der Waals surface area contributed by atoms with Crippen molar-refractivity contribution in [3.05, 3.63) is 57.9 Å². The van der Waals surface area contributed by atoms with Crippen LogP contribution in [0.1, 0.15) is 85.3 Å². The molecular weight excluding hydrogens is 498 g/mol. The number of likely N-dealkylation sites (tertiary alicyclic amines) is 1. The lowest BCUT2D eigenvalue weighted by Gasteiger charge is -2.46. The largest absolute Gasteiger partial charge is 0.497 e. The lowest BCUT2D eigenvalue weighted by Crippen LogP contribution is -2.53. The second-order valence-electron chi connectivity index (χ2n) is 11.8. The number of ether oxygens (including phenoxy) is 1. The molecule has 2 aliphatic rings. The van der Waals surface area contributed by atoms with E-state index < -0.39 is 0 Å². The van der Waals surface area contributed by atoms with Crippen LogP contribution in [0.5, 0.6) is 5.75 Å². The molecule has 1 aliphatic heterocycles. The first-order chi connectivity index (χ1) is 18.1. The molecule has 1 saturated heterocycles. The minimum Gasteiger partial charge on any atom is -0.497 e. The summed E-state index contributed by atoms with van der Waals surface area (Å²) in [5.74, 6) is 1.42. The Morgan fingerprint density at radius 2 is 1.89 bits per heavy atom. The van der Waals surface area contributed by atoms with Gasteiger partial charge in [0.25, 0.3) is 0 Å². The van der Waals surface area contributed by atoms with Gasteiger partial charge < -0.3 is 14.2 Å². The highest BCUT2D eigenvalue weighted by molar-refractivity contribution is 6.31. The number of carbonyl (C=O) groups excluding carboxylic acids is 2. The summed E-state index contributed by atoms with van der Waals surface area (Å²) in [5.41, 5.74) is 4.54. The van der Waals surface area contributed by atoms with Crippen LogP contribution in [-0.4, -0.2) is 45.3 Å². The molecule has 0 spiro atoms. The Kier molecular flexibility index (Phi) is 7.29. The monoisotopic (exact) mass is 535 g/mol. The summed E-state index contributed by atoms with van der Waals surface area (Å²) in [6, 6.07) is 5.11. The Morgan fingerprint density at radius 1 is 1.16 bits per heavy atom. The fourth-order valence-electron chi connectivity index (χ4n) is 6.65. The van der Waals surface area contributed by atoms with Crippen LogP contribution >= 0.6 is 11.6 Å². The van der Waals surface area contributed by atoms with Gasteiger partial charge in [-0.25, -0.2) is 4.98 Å². The number of ketones is 1. The zero-order chi connectivity index (χ0) is 27.2. The van der Waals surface area contributed by atoms with E-state index in [1.807, 2.05) is 13.2 Å². The number of methoxy groups -OCH3 is 1. The normalized spacial score (nSPS) is 19.7. The van der Waals surface area contributed by atoms with Crippen LogP contribution < -0.4 is 4.74 Å². The van der Waals surface area contributed by atoms with E-state index >= 15 is 0 Å². The molecule has 1 aromatic carbocycles. The first-order valence-electron chi connectivity index (χ1n) is 13.7. The standard InChI is InChI=1S/C31H38ClN3O3/c1-19-23(14-27(36)22-12-24(32)15-25(13-22)38-5)17-33-29-28(19)26(18-34(29)4)21-10-11-35(31(2,3)16-21)30(37)20-8-6-7-9-20/h12-13,15,17-18,20-21H,6-11,14,16H2,1-5H3/t21-/m1/s1. The fourth-order valence-corrected chi connectivity index (χ4v) is 6.88. The molecule has 5 rings (SSSR count). The minimum atomic E-state index is -0.203. The van der Waals surface area contributed by atoms with Gasteiger partial charge in [-0.1, -0.05) is 24.4 Å². The summed E-state index contributed by atoms with van der Waals surface area (Å²) in [5, 5.41) is 1.61. The second kappa shape index (κ2) is 10.4. The quantitative estimate of drug-likeness (QED) is 0.332. The molecule has 38 heavy (non-hydrogen) atoms. The lowest BCUT2D eigenvalue weighted by atomic mass is 9.78. The molecule has 1 saturated carbocycles. The topological polar surface area (TPSA) is 64.4 Å². The number of halogens is 1. The van der Waals surface area contributed by atoms with Gasteiger partial charge in [0.15, 0.2) is 5.78 Å². The Hall–Kier alpha value is -2.86. The lowest BCUT2D eigenvalue weighted by molar-refractivity contribution is -0.143. The van der Waals surface area contributed by atoms with E-state index in [0.29, 0.717) is 28.2 Å². The number of fused-ring (bicyclic) bond motifs is 1. The van der Waals surface area contributed by atoms with Crippen molar-refractivity contribution in [3.63, 3.8) is 0 Å². The van der Waals surface area contributed by atoms with E-state index in [9.17, 15) is 9.59 Å². The zero-order valence-corrected chi connectivity index (χ0v) is 23.9. The summed E-state index contributed by atoms with van der Waals surface area (Å²) in [4.78, 5) is 33.5. The molecule has 6 nitrogen and oxygen atoms in total. The van der Waals surface area contributed by atoms with E-state index in [2.05, 4.69) is 36.4 Å². The molecule has 2 fully saturated rings. The van der Waals surface area contributed by atoms with Crippen LogP contribution in [0.3, 0.4) is 0 Å². The van der Waals surface area contributed by atoms with Crippen molar-refractivity contribution in [1.29, 1.82) is 0 Å². The van der Waals surface area contributed by atoms with Crippen molar-refractivity contribution in [1.82, 2.24) is 14.5 Å². The number of Topliss-reactive ketones (excluding diaryl/α,β-unsaturated/α-hetero) is 1. The number of aryl methyl sites for hydroxylation is 2. The van der Waals surface area contributed by atoms with E-state index in [-0.39, 0.29) is 23.7 Å². The number of nitrogens with zero attached hydrogens (tertiary/aromatic N) is 3. The molecule has 1 aliphatic carbocycles. The molecule has 0 radical (unpaired) electrons. The Balaban J connectivity index is 1.43. The smallest absolute Gasteiger partial charge is 0.226 e. The van der Waals surface area contributed by atoms with Crippen LogP contribution in [-0.2, 0) is 18.3 Å². The van der Waals surface area contributed by atoms with E-state index in [1.54, 1.807) is 25.3 Å². The first-order valence-corrected chi connectivity index (χ1v) is 14.1. The number of hydrogen-bond acceptors (Lipinski definition) is 4. The molecule has 3 aromatic rings. The van der Waals surface area contributed by atoms with E-state index in [4.69, 9.17) is 21.3 Å². The highest BCUT2D eigenvalue weighted by atomic mass is 35.5. The Bertz CT molecular complexity index is 1390. The maximum atomic E-state index is 13.3. The van der Waals surface area contributed by atoms with Gasteiger partial charge in [-0.05, 0) is 87.3 Å². The Morgan fingerprint density at radius 3 is 2.58 bits per heavy atom. The fraction of sp³-hybridized carbons (Fsp3) is 0.516. The number of benzene rings is 1. The maximum Gasteiger partial charge on any atom is 0.226 e. The molecule has 2 aromatic heterocycles. The van der Waals surface area contributed by atoms with Gasteiger partial charge in [0.1, 0.15) is 11.4 Å². The highest BCUT2D eigenvalue weighted by Gasteiger charge is 2.41. The van der Waals surface area contributed by atoms with Gasteiger partial charge in [0.05, 0.1) is 7.11 Å². The summed E-state index contributed by atoms with van der Waals surface area (Å²) in [6.45, 7) is 7.31. The number of amides is 1. The van der Waals surface area contributed by atoms with Gasteiger partial charge in [0, 0.05) is 59.8 Å². The van der Waals surface area contributed by atoms with E-state index in [1.165, 1.54) is 18.4 Å². The highest BCUT2D eigenvalue weighted by Crippen LogP contribution is 2.43. The van der Waals surface area contributed by atoms with Crippen LogP contribution in [0.2, 0.25) is 5.02 Å².